The first kappa shape index (κ1) is 28.1. The second-order valence-corrected chi connectivity index (χ2v) is 10.0. The molecule has 0 aliphatic heterocycles. The Morgan fingerprint density at radius 3 is 2.05 bits per heavy atom. The lowest BCUT2D eigenvalue weighted by molar-refractivity contribution is 0.0600. The van der Waals surface area contributed by atoms with Gasteiger partial charge in [-0.25, -0.2) is 4.79 Å². The monoisotopic (exact) mass is 584 g/mol. The minimum absolute atomic E-state index is 0.0218. The number of anilines is 2. The van der Waals surface area contributed by atoms with Gasteiger partial charge in [-0.2, -0.15) is 0 Å². The van der Waals surface area contributed by atoms with Gasteiger partial charge in [0.15, 0.2) is 11.5 Å². The highest BCUT2D eigenvalue weighted by atomic mass is 16.5. The molecule has 6 rings (SSSR count). The Labute approximate surface area is 253 Å². The van der Waals surface area contributed by atoms with Crippen molar-refractivity contribution in [2.24, 2.45) is 0 Å². The Morgan fingerprint density at radius 1 is 0.727 bits per heavy atom. The molecule has 0 fully saturated rings. The van der Waals surface area contributed by atoms with E-state index in [1.54, 1.807) is 15.7 Å². The molecule has 0 aliphatic rings. The third-order valence-corrected chi connectivity index (χ3v) is 7.26. The molecule has 0 atom stereocenters. The third kappa shape index (κ3) is 5.44. The molecular weight excluding hydrogens is 556 g/mol. The first-order chi connectivity index (χ1) is 21.4. The van der Waals surface area contributed by atoms with Crippen molar-refractivity contribution in [3.05, 3.63) is 144 Å². The summed E-state index contributed by atoms with van der Waals surface area (Å²) in [4.78, 5) is 28.8. The number of fused-ring (bicyclic) bond motifs is 1. The summed E-state index contributed by atoms with van der Waals surface area (Å²) in [5.74, 6) is -1.24. The zero-order chi connectivity index (χ0) is 30.6. The number of para-hydroxylation sites is 2. The zero-order valence-electron chi connectivity index (χ0n) is 23.8. The van der Waals surface area contributed by atoms with E-state index >= 15 is 0 Å². The second-order valence-electron chi connectivity index (χ2n) is 10.0. The quantitative estimate of drug-likeness (QED) is 0.143. The maximum atomic E-state index is 14.5. The lowest BCUT2D eigenvalue weighted by atomic mass is 10.1. The van der Waals surface area contributed by atoms with Crippen molar-refractivity contribution in [1.82, 2.24) is 4.57 Å². The number of carbonyl (C=O) groups is 2. The smallest absolute Gasteiger partial charge is 0.340 e. The molecule has 0 radical (unpaired) electrons. The molecule has 5 aromatic carbocycles. The zero-order valence-corrected chi connectivity index (χ0v) is 23.8. The van der Waals surface area contributed by atoms with Gasteiger partial charge in [-0.15, -0.1) is 0 Å². The first-order valence-corrected chi connectivity index (χ1v) is 13.9. The van der Waals surface area contributed by atoms with E-state index in [1.807, 2.05) is 109 Å². The van der Waals surface area contributed by atoms with Gasteiger partial charge in [-0.3, -0.25) is 9.69 Å². The maximum absolute atomic E-state index is 14.5. The van der Waals surface area contributed by atoms with Crippen LogP contribution in [0, 0.1) is 0 Å². The Bertz CT molecular complexity index is 1950. The number of rotatable bonds is 8. The normalized spacial score (nSPS) is 10.8. The summed E-state index contributed by atoms with van der Waals surface area (Å²) in [5.41, 5.74) is 3.57. The number of amides is 1. The van der Waals surface area contributed by atoms with Crippen LogP contribution in [0.5, 0.6) is 17.2 Å². The number of methoxy groups -OCH3 is 1. The van der Waals surface area contributed by atoms with Crippen LogP contribution < -0.4 is 9.64 Å². The largest absolute Gasteiger partial charge is 0.504 e. The summed E-state index contributed by atoms with van der Waals surface area (Å²) in [6.45, 7) is 0.418. The number of benzene rings is 5. The number of esters is 1. The number of phenolic OH excluding ortho intramolecular Hbond substituents is 2. The van der Waals surface area contributed by atoms with E-state index in [9.17, 15) is 19.8 Å². The Hall–Kier alpha value is -6.02. The molecular formula is C36H28N2O6. The number of aromatic hydroxyl groups is 2. The molecule has 44 heavy (non-hydrogen) atoms. The van der Waals surface area contributed by atoms with E-state index in [1.165, 1.54) is 13.2 Å². The Kier molecular flexibility index (Phi) is 7.71. The Morgan fingerprint density at radius 2 is 1.34 bits per heavy atom. The van der Waals surface area contributed by atoms with Crippen LogP contribution in [-0.4, -0.2) is 33.8 Å². The highest BCUT2D eigenvalue weighted by Gasteiger charge is 2.26. The summed E-state index contributed by atoms with van der Waals surface area (Å²) in [5, 5.41) is 21.1. The third-order valence-electron chi connectivity index (χ3n) is 7.26. The number of aromatic nitrogens is 1. The van der Waals surface area contributed by atoms with Gasteiger partial charge in [0.1, 0.15) is 12.4 Å². The van der Waals surface area contributed by atoms with Gasteiger partial charge in [0.05, 0.1) is 29.4 Å². The minimum Gasteiger partial charge on any atom is -0.504 e. The molecule has 1 heterocycles. The molecule has 2 N–H and O–H groups in total. The topological polar surface area (TPSA) is 101 Å². The van der Waals surface area contributed by atoms with Crippen LogP contribution in [-0.2, 0) is 11.3 Å². The summed E-state index contributed by atoms with van der Waals surface area (Å²) in [7, 11) is 1.23. The van der Waals surface area contributed by atoms with E-state index < -0.39 is 17.5 Å². The van der Waals surface area contributed by atoms with Crippen molar-refractivity contribution in [1.29, 1.82) is 0 Å². The maximum Gasteiger partial charge on any atom is 0.340 e. The molecule has 0 unspecified atom stereocenters. The van der Waals surface area contributed by atoms with Gasteiger partial charge in [-0.1, -0.05) is 66.7 Å². The lowest BCUT2D eigenvalue weighted by Crippen LogP contribution is -2.25. The summed E-state index contributed by atoms with van der Waals surface area (Å²) in [6, 6.07) is 36.2. The Balaban J connectivity index is 1.43. The van der Waals surface area contributed by atoms with Gasteiger partial charge in [0.25, 0.3) is 5.91 Å². The fourth-order valence-electron chi connectivity index (χ4n) is 5.10. The van der Waals surface area contributed by atoms with E-state index in [2.05, 4.69) is 0 Å². The average molecular weight is 585 g/mol. The molecule has 8 heteroatoms. The molecule has 0 saturated carbocycles. The predicted octanol–water partition coefficient (Wildman–Crippen LogP) is 7.39. The number of hydrogen-bond donors (Lipinski definition) is 2. The van der Waals surface area contributed by atoms with Gasteiger partial charge in [-0.05, 0) is 48.0 Å². The molecule has 6 aromatic rings. The lowest BCUT2D eigenvalue weighted by Gasteiger charge is -2.23. The van der Waals surface area contributed by atoms with Gasteiger partial charge >= 0.3 is 5.97 Å². The highest BCUT2D eigenvalue weighted by molar-refractivity contribution is 6.17. The number of nitrogens with zero attached hydrogens (tertiary/aromatic N) is 2. The molecule has 8 nitrogen and oxygen atoms in total. The van der Waals surface area contributed by atoms with Crippen LogP contribution in [0.4, 0.5) is 11.4 Å². The van der Waals surface area contributed by atoms with Crippen molar-refractivity contribution in [2.75, 3.05) is 12.0 Å². The van der Waals surface area contributed by atoms with Crippen LogP contribution in [0.3, 0.4) is 0 Å². The molecule has 0 aliphatic carbocycles. The van der Waals surface area contributed by atoms with Crippen molar-refractivity contribution in [2.45, 2.75) is 6.61 Å². The van der Waals surface area contributed by atoms with Crippen LogP contribution in [0.1, 0.15) is 26.3 Å². The molecule has 0 bridgehead atoms. The number of phenols is 2. The van der Waals surface area contributed by atoms with Crippen molar-refractivity contribution < 1.29 is 29.3 Å². The summed E-state index contributed by atoms with van der Waals surface area (Å²) >= 11 is 0. The highest BCUT2D eigenvalue weighted by Crippen LogP contribution is 2.36. The van der Waals surface area contributed by atoms with E-state index in [0.717, 1.165) is 11.6 Å². The first-order valence-electron chi connectivity index (χ1n) is 13.9. The van der Waals surface area contributed by atoms with Crippen LogP contribution in [0.15, 0.2) is 128 Å². The number of ether oxygens (including phenoxy) is 2. The van der Waals surface area contributed by atoms with E-state index in [0.29, 0.717) is 40.2 Å². The standard InChI is InChI=1S/C36H28N2O6/c1-43-36(42)29-20-33(39)34(40)21-32(29)37-22-30(28-14-8-9-15-31(28)37)35(41)38(25-12-6-3-7-13-25)26-16-18-27(19-17-26)44-23-24-10-4-2-5-11-24/h2-22,39-40H,23H2,1H3. The van der Waals surface area contributed by atoms with Crippen molar-refractivity contribution in [3.8, 4) is 22.9 Å². The number of hydrogen-bond acceptors (Lipinski definition) is 6. The molecule has 0 spiro atoms. The van der Waals surface area contributed by atoms with Crippen LogP contribution in [0.2, 0.25) is 0 Å². The fraction of sp³-hybridized carbons (Fsp3) is 0.0556. The predicted molar refractivity (Wildman–Crippen MR) is 168 cm³/mol. The van der Waals surface area contributed by atoms with E-state index in [-0.39, 0.29) is 17.2 Å². The van der Waals surface area contributed by atoms with E-state index in [4.69, 9.17) is 9.47 Å². The minimum atomic E-state index is -0.707. The van der Waals surface area contributed by atoms with Gasteiger partial charge in [0.2, 0.25) is 0 Å². The molecule has 218 valence electrons. The number of carbonyl (C=O) groups excluding carboxylic acids is 2. The summed E-state index contributed by atoms with van der Waals surface area (Å²) < 4.78 is 12.5. The van der Waals surface area contributed by atoms with Crippen molar-refractivity contribution in [3.63, 3.8) is 0 Å². The molecule has 0 saturated heterocycles. The van der Waals surface area contributed by atoms with Crippen molar-refractivity contribution >= 4 is 34.2 Å². The average Bonchev–Trinajstić information content (AvgIpc) is 3.46. The molecule has 1 amide bonds. The van der Waals surface area contributed by atoms with Gasteiger partial charge in [0, 0.05) is 35.1 Å². The second kappa shape index (κ2) is 12.1. The fourth-order valence-corrected chi connectivity index (χ4v) is 5.10. The van der Waals surface area contributed by atoms with Gasteiger partial charge < -0.3 is 24.3 Å². The van der Waals surface area contributed by atoms with Crippen LogP contribution in [0.25, 0.3) is 16.6 Å². The molecule has 1 aromatic heterocycles. The van der Waals surface area contributed by atoms with Crippen LogP contribution >= 0.6 is 0 Å². The SMILES string of the molecule is COC(=O)c1cc(O)c(O)cc1-n1cc(C(=O)N(c2ccccc2)c2ccc(OCc3ccccc3)cc2)c2ccccc21. The summed E-state index contributed by atoms with van der Waals surface area (Å²) in [6.07, 6.45) is 1.62.